The van der Waals surface area contributed by atoms with Gasteiger partial charge in [-0.05, 0) is 18.4 Å². The molecule has 0 unspecified atom stereocenters. The molecule has 0 saturated heterocycles. The van der Waals surface area contributed by atoms with E-state index in [2.05, 4.69) is 70.6 Å². The molecule has 2 aromatic rings. The molecule has 25 heavy (non-hydrogen) atoms. The Morgan fingerprint density at radius 3 is 2.76 bits per heavy atom. The van der Waals surface area contributed by atoms with Gasteiger partial charge in [0.15, 0.2) is 5.96 Å². The topological polar surface area (TPSA) is 67.1 Å². The molecule has 6 nitrogen and oxygen atoms in total. The van der Waals surface area contributed by atoms with Gasteiger partial charge >= 0.3 is 0 Å². The third kappa shape index (κ3) is 6.58. The van der Waals surface area contributed by atoms with Crippen LogP contribution in [0.25, 0.3) is 0 Å². The largest absolute Gasteiger partial charge is 0.357 e. The van der Waals surface area contributed by atoms with Gasteiger partial charge in [-0.1, -0.05) is 26.8 Å². The van der Waals surface area contributed by atoms with Crippen LogP contribution in [0.2, 0.25) is 0 Å². The van der Waals surface area contributed by atoms with E-state index in [1.165, 1.54) is 4.88 Å². The first kappa shape index (κ1) is 21.9. The van der Waals surface area contributed by atoms with E-state index in [-0.39, 0.29) is 29.4 Å². The lowest BCUT2D eigenvalue weighted by Crippen LogP contribution is -2.40. The first-order valence-electron chi connectivity index (χ1n) is 8.49. The number of nitrogens with one attached hydrogen (secondary N) is 2. The molecule has 0 spiro atoms. The van der Waals surface area contributed by atoms with E-state index in [1.807, 2.05) is 0 Å². The van der Waals surface area contributed by atoms with Gasteiger partial charge in [0.2, 0.25) is 0 Å². The molecule has 0 radical (unpaired) electrons. The van der Waals surface area contributed by atoms with Crippen molar-refractivity contribution in [2.75, 3.05) is 19.6 Å². The summed E-state index contributed by atoms with van der Waals surface area (Å²) in [6.45, 7) is 11.8. The smallest absolute Gasteiger partial charge is 0.191 e. The number of rotatable bonds is 8. The molecule has 2 rings (SSSR count). The van der Waals surface area contributed by atoms with Crippen molar-refractivity contribution in [2.45, 2.75) is 46.1 Å². The van der Waals surface area contributed by atoms with Crippen molar-refractivity contribution >= 4 is 41.3 Å². The molecule has 0 amide bonds. The van der Waals surface area contributed by atoms with Crippen LogP contribution in [0.15, 0.2) is 28.8 Å². The van der Waals surface area contributed by atoms with Crippen LogP contribution in [0, 0.1) is 0 Å². The van der Waals surface area contributed by atoms with Gasteiger partial charge < -0.3 is 15.2 Å². The summed E-state index contributed by atoms with van der Waals surface area (Å²) >= 11 is 1.79. The summed E-state index contributed by atoms with van der Waals surface area (Å²) in [5.41, 5.74) is 0.0418. The number of thiophene rings is 1. The molecular formula is C17H29IN6S. The van der Waals surface area contributed by atoms with Gasteiger partial charge in [-0.3, -0.25) is 4.99 Å². The van der Waals surface area contributed by atoms with Crippen LogP contribution in [-0.2, 0) is 18.4 Å². The fraction of sp³-hybridized carbons (Fsp3) is 0.588. The predicted octanol–water partition coefficient (Wildman–Crippen LogP) is 3.05. The highest BCUT2D eigenvalue weighted by atomic mass is 127. The van der Waals surface area contributed by atoms with E-state index in [0.29, 0.717) is 0 Å². The zero-order chi connectivity index (χ0) is 17.4. The third-order valence-electron chi connectivity index (χ3n) is 3.82. The van der Waals surface area contributed by atoms with Gasteiger partial charge in [-0.25, -0.2) is 0 Å². The molecule has 2 N–H and O–H groups in total. The molecule has 0 aliphatic rings. The molecule has 0 bridgehead atoms. The second-order valence-corrected chi connectivity index (χ2v) is 7.22. The third-order valence-corrected chi connectivity index (χ3v) is 5.06. The van der Waals surface area contributed by atoms with Crippen LogP contribution in [0.5, 0.6) is 0 Å². The minimum atomic E-state index is 0. The normalized spacial score (nSPS) is 11.9. The number of nitrogens with zero attached hydrogens (tertiary/aromatic N) is 4. The molecule has 0 aliphatic heterocycles. The second-order valence-electron chi connectivity index (χ2n) is 6.28. The standard InChI is InChI=1S/C17H28N6S.HI/c1-5-15-22-21-13-23(15)10-9-19-16(18-6-2)20-12-17(3,4)14-8-7-11-24-14;/h7-8,11,13H,5-6,9-10,12H2,1-4H3,(H2,18,19,20);1H. The molecule has 0 atom stereocenters. The summed E-state index contributed by atoms with van der Waals surface area (Å²) in [6, 6.07) is 4.28. The predicted molar refractivity (Wildman–Crippen MR) is 116 cm³/mol. The number of aliphatic imine (C=N–C) groups is 1. The van der Waals surface area contributed by atoms with Crippen LogP contribution in [0.3, 0.4) is 0 Å². The Morgan fingerprint density at radius 1 is 1.32 bits per heavy atom. The zero-order valence-corrected chi connectivity index (χ0v) is 18.6. The molecule has 0 aromatic carbocycles. The molecule has 140 valence electrons. The Hall–Kier alpha value is -1.16. The number of guanidine groups is 1. The Labute approximate surface area is 171 Å². The highest BCUT2D eigenvalue weighted by Crippen LogP contribution is 2.27. The number of aromatic nitrogens is 3. The Morgan fingerprint density at radius 2 is 2.12 bits per heavy atom. The summed E-state index contributed by atoms with van der Waals surface area (Å²) in [5, 5.41) is 16.9. The maximum atomic E-state index is 4.76. The zero-order valence-electron chi connectivity index (χ0n) is 15.5. The maximum absolute atomic E-state index is 4.76. The minimum absolute atomic E-state index is 0. The molecule has 0 aliphatic carbocycles. The first-order chi connectivity index (χ1) is 11.6. The van der Waals surface area contributed by atoms with E-state index in [1.54, 1.807) is 17.7 Å². The summed E-state index contributed by atoms with van der Waals surface area (Å²) in [6.07, 6.45) is 2.67. The van der Waals surface area contributed by atoms with Crippen LogP contribution in [0.1, 0.15) is 38.4 Å². The van der Waals surface area contributed by atoms with Crippen LogP contribution in [-0.4, -0.2) is 40.4 Å². The lowest BCUT2D eigenvalue weighted by atomic mass is 9.92. The van der Waals surface area contributed by atoms with E-state index < -0.39 is 0 Å². The van der Waals surface area contributed by atoms with Crippen molar-refractivity contribution in [3.8, 4) is 0 Å². The van der Waals surface area contributed by atoms with Crippen LogP contribution in [0.4, 0.5) is 0 Å². The molecular weight excluding hydrogens is 447 g/mol. The van der Waals surface area contributed by atoms with Crippen molar-refractivity contribution in [3.05, 3.63) is 34.5 Å². The number of hydrogen-bond donors (Lipinski definition) is 2. The summed E-state index contributed by atoms with van der Waals surface area (Å²) in [4.78, 5) is 6.12. The Kier molecular flexibility index (Phi) is 9.41. The average Bonchev–Trinajstić information content (AvgIpc) is 3.24. The summed E-state index contributed by atoms with van der Waals surface area (Å²) in [7, 11) is 0. The van der Waals surface area contributed by atoms with Crippen LogP contribution >= 0.6 is 35.3 Å². The van der Waals surface area contributed by atoms with Gasteiger partial charge in [0, 0.05) is 36.3 Å². The quantitative estimate of drug-likeness (QED) is 0.349. The van der Waals surface area contributed by atoms with Crippen molar-refractivity contribution in [3.63, 3.8) is 0 Å². The molecule has 0 fully saturated rings. The Balaban J connectivity index is 0.00000312. The number of aryl methyl sites for hydroxylation is 1. The number of hydrogen-bond acceptors (Lipinski definition) is 4. The van der Waals surface area contributed by atoms with Crippen molar-refractivity contribution in [1.29, 1.82) is 0 Å². The molecule has 2 heterocycles. The average molecular weight is 476 g/mol. The summed E-state index contributed by atoms with van der Waals surface area (Å²) < 4.78 is 2.08. The van der Waals surface area contributed by atoms with Gasteiger partial charge in [-0.15, -0.1) is 45.5 Å². The SMILES string of the molecule is CCNC(=NCC(C)(C)c1cccs1)NCCn1cnnc1CC.I. The van der Waals surface area contributed by atoms with E-state index in [4.69, 9.17) is 4.99 Å². The highest BCUT2D eigenvalue weighted by molar-refractivity contribution is 14.0. The number of halogens is 1. The van der Waals surface area contributed by atoms with E-state index in [9.17, 15) is 0 Å². The fourth-order valence-electron chi connectivity index (χ4n) is 2.39. The minimum Gasteiger partial charge on any atom is -0.357 e. The summed E-state index contributed by atoms with van der Waals surface area (Å²) in [5.74, 6) is 1.87. The van der Waals surface area contributed by atoms with Crippen molar-refractivity contribution < 1.29 is 0 Å². The first-order valence-corrected chi connectivity index (χ1v) is 9.37. The fourth-order valence-corrected chi connectivity index (χ4v) is 3.24. The van der Waals surface area contributed by atoms with Gasteiger partial charge in [0.05, 0.1) is 6.54 Å². The Bertz CT molecular complexity index is 635. The highest BCUT2D eigenvalue weighted by Gasteiger charge is 2.21. The van der Waals surface area contributed by atoms with Crippen molar-refractivity contribution in [2.24, 2.45) is 4.99 Å². The van der Waals surface area contributed by atoms with Gasteiger partial charge in [-0.2, -0.15) is 0 Å². The maximum Gasteiger partial charge on any atom is 0.191 e. The lowest BCUT2D eigenvalue weighted by molar-refractivity contribution is 0.547. The van der Waals surface area contributed by atoms with Crippen molar-refractivity contribution in [1.82, 2.24) is 25.4 Å². The van der Waals surface area contributed by atoms with E-state index >= 15 is 0 Å². The monoisotopic (exact) mass is 476 g/mol. The molecule has 2 aromatic heterocycles. The van der Waals surface area contributed by atoms with E-state index in [0.717, 1.165) is 44.4 Å². The van der Waals surface area contributed by atoms with Gasteiger partial charge in [0.1, 0.15) is 12.2 Å². The molecule has 8 heteroatoms. The molecule has 0 saturated carbocycles. The van der Waals surface area contributed by atoms with Crippen LogP contribution < -0.4 is 10.6 Å². The second kappa shape index (κ2) is 10.7. The van der Waals surface area contributed by atoms with Gasteiger partial charge in [0.25, 0.3) is 0 Å². The lowest BCUT2D eigenvalue weighted by Gasteiger charge is -2.22.